The summed E-state index contributed by atoms with van der Waals surface area (Å²) in [5.41, 5.74) is 1.32. The van der Waals surface area contributed by atoms with Crippen molar-refractivity contribution >= 4 is 17.5 Å². The van der Waals surface area contributed by atoms with Crippen molar-refractivity contribution < 1.29 is 14.7 Å². The van der Waals surface area contributed by atoms with Gasteiger partial charge in [0.2, 0.25) is 11.8 Å². The molecule has 4 atom stereocenters. The minimum absolute atomic E-state index is 0.147. The molecular formula is C16H15NO3. The Kier molecular flexibility index (Phi) is 1.98. The molecule has 102 valence electrons. The van der Waals surface area contributed by atoms with Gasteiger partial charge in [-0.1, -0.05) is 18.2 Å². The Hall–Kier alpha value is -2.10. The number of amides is 2. The van der Waals surface area contributed by atoms with Crippen LogP contribution in [0.4, 0.5) is 5.69 Å². The molecule has 0 radical (unpaired) electrons. The summed E-state index contributed by atoms with van der Waals surface area (Å²) in [5.74, 6) is -0.143. The van der Waals surface area contributed by atoms with Gasteiger partial charge in [-0.2, -0.15) is 0 Å². The molecule has 0 aromatic heterocycles. The van der Waals surface area contributed by atoms with Crippen LogP contribution >= 0.6 is 0 Å². The highest BCUT2D eigenvalue weighted by atomic mass is 16.3. The summed E-state index contributed by atoms with van der Waals surface area (Å²) in [5, 5.41) is 4.59. The first-order valence-corrected chi connectivity index (χ1v) is 6.92. The number of nitrogens with zero attached hydrogens (tertiary/aromatic N) is 1. The van der Waals surface area contributed by atoms with E-state index in [1.54, 1.807) is 18.2 Å². The van der Waals surface area contributed by atoms with E-state index in [1.165, 1.54) is 4.90 Å². The minimum atomic E-state index is -0.230. The molecule has 2 aliphatic carbocycles. The second-order valence-corrected chi connectivity index (χ2v) is 5.98. The highest BCUT2D eigenvalue weighted by molar-refractivity contribution is 6.23. The summed E-state index contributed by atoms with van der Waals surface area (Å²) in [4.78, 5) is 26.7. The Labute approximate surface area is 118 Å². The van der Waals surface area contributed by atoms with Crippen molar-refractivity contribution in [3.63, 3.8) is 0 Å². The monoisotopic (exact) mass is 270 g/mol. The van der Waals surface area contributed by atoms with Crippen LogP contribution in [0, 0.1) is 30.6 Å². The predicted octanol–water partition coefficient (Wildman–Crippen LogP) is 2.01. The molecule has 3 aliphatic rings. The van der Waals surface area contributed by atoms with Crippen LogP contribution in [0.3, 0.4) is 0 Å². The first-order chi connectivity index (χ1) is 10.1. The third-order valence-corrected chi connectivity index (χ3v) is 4.83. The minimum Gasteiger partial charge on any atom is -0.506 e. The molecule has 4 rings (SSSR count). The Bertz CT molecular complexity index is 654. The van der Waals surface area contributed by atoms with Crippen molar-refractivity contribution in [2.75, 3.05) is 4.90 Å². The summed E-state index contributed by atoms with van der Waals surface area (Å²) < 4.78 is 7.14. The Morgan fingerprint density at radius 1 is 1.20 bits per heavy atom. The van der Waals surface area contributed by atoms with Crippen molar-refractivity contribution in [2.45, 2.75) is 13.3 Å². The zero-order valence-corrected chi connectivity index (χ0v) is 11.1. The van der Waals surface area contributed by atoms with Crippen molar-refractivity contribution in [3.8, 4) is 5.75 Å². The number of anilines is 1. The second kappa shape index (κ2) is 3.72. The maximum absolute atomic E-state index is 12.7. The molecule has 1 aromatic rings. The normalized spacial score (nSPS) is 34.6. The molecule has 1 saturated heterocycles. The van der Waals surface area contributed by atoms with E-state index >= 15 is 0 Å². The van der Waals surface area contributed by atoms with Gasteiger partial charge in [0.1, 0.15) is 5.75 Å². The zero-order valence-electron chi connectivity index (χ0n) is 12.1. The van der Waals surface area contributed by atoms with Crippen LogP contribution in [0.15, 0.2) is 30.4 Å². The van der Waals surface area contributed by atoms with Crippen molar-refractivity contribution in [3.05, 3.63) is 35.9 Å². The molecule has 2 bridgehead atoms. The number of phenols is 1. The van der Waals surface area contributed by atoms with Crippen LogP contribution in [0.25, 0.3) is 0 Å². The third kappa shape index (κ3) is 1.31. The number of benzene rings is 1. The molecular weight excluding hydrogens is 254 g/mol. The summed E-state index contributed by atoms with van der Waals surface area (Å²) in [7, 11) is 0. The lowest BCUT2D eigenvalue weighted by Crippen LogP contribution is -2.32. The molecule has 4 unspecified atom stereocenters. The van der Waals surface area contributed by atoms with Gasteiger partial charge in [0.25, 0.3) is 1.43 Å². The number of hydrogen-bond acceptors (Lipinski definition) is 3. The maximum Gasteiger partial charge on any atom is 0.293 e. The number of carbonyl (C=O) groups excluding carboxylic acids is 2. The van der Waals surface area contributed by atoms with E-state index in [0.29, 0.717) is 5.69 Å². The summed E-state index contributed by atoms with van der Waals surface area (Å²) in [6.45, 7) is 1.88. The molecule has 1 aromatic carbocycles. The molecule has 1 heterocycles. The SMILES string of the molecule is [2H]Oc1ccc(C)cc1N1C(=O)C2C3C=CC(C3)C2C1=O. The van der Waals surface area contributed by atoms with Gasteiger partial charge in [-0.05, 0) is 42.9 Å². The first kappa shape index (κ1) is 10.7. The molecule has 1 saturated carbocycles. The summed E-state index contributed by atoms with van der Waals surface area (Å²) in [6.07, 6.45) is 5.05. The van der Waals surface area contributed by atoms with Crippen molar-refractivity contribution in [1.82, 2.24) is 0 Å². The Morgan fingerprint density at radius 3 is 2.45 bits per heavy atom. The van der Waals surface area contributed by atoms with E-state index in [4.69, 9.17) is 1.43 Å². The molecule has 1 N–H and O–H groups in total. The van der Waals surface area contributed by atoms with E-state index < -0.39 is 0 Å². The number of aromatic hydroxyl groups is 1. The van der Waals surface area contributed by atoms with Gasteiger partial charge in [0.15, 0.2) is 0 Å². The molecule has 20 heavy (non-hydrogen) atoms. The van der Waals surface area contributed by atoms with E-state index in [2.05, 4.69) is 17.3 Å². The topological polar surface area (TPSA) is 57.6 Å². The number of aryl methyl sites for hydroxylation is 1. The first-order valence-electron chi connectivity index (χ1n) is 7.32. The Balaban J connectivity index is 1.79. The van der Waals surface area contributed by atoms with Crippen LogP contribution in [0.1, 0.15) is 12.0 Å². The lowest BCUT2D eigenvalue weighted by atomic mass is 9.85. The fourth-order valence-corrected chi connectivity index (χ4v) is 3.94. The quantitative estimate of drug-likeness (QED) is 0.660. The van der Waals surface area contributed by atoms with Gasteiger partial charge < -0.3 is 5.11 Å². The maximum atomic E-state index is 12.7. The van der Waals surface area contributed by atoms with Crippen LogP contribution in [0.5, 0.6) is 5.75 Å². The average Bonchev–Trinajstić information content (AvgIpc) is 3.13. The highest BCUT2D eigenvalue weighted by Crippen LogP contribution is 2.53. The number of carbonyl (C=O) groups is 2. The van der Waals surface area contributed by atoms with Crippen molar-refractivity contribution in [1.29, 1.82) is 1.43 Å². The largest absolute Gasteiger partial charge is 0.506 e. The second-order valence-electron chi connectivity index (χ2n) is 5.98. The van der Waals surface area contributed by atoms with E-state index in [1.807, 2.05) is 6.92 Å². The van der Waals surface area contributed by atoms with Crippen LogP contribution in [-0.4, -0.2) is 18.4 Å². The van der Waals surface area contributed by atoms with Gasteiger partial charge in [0.05, 0.1) is 17.5 Å². The van der Waals surface area contributed by atoms with E-state index in [9.17, 15) is 9.59 Å². The number of rotatable bonds is 2. The van der Waals surface area contributed by atoms with E-state index in [-0.39, 0.29) is 41.2 Å². The molecule has 4 heteroatoms. The van der Waals surface area contributed by atoms with E-state index in [0.717, 1.165) is 12.0 Å². The standard InChI is InChI=1S/C16H15NO3/c1-8-2-5-12(18)11(6-8)17-15(19)13-9-3-4-10(7-9)14(13)16(17)20/h2-6,9-10,13-14,18H,7H2,1H3/i/hD. The number of phenolic OH excluding ortho intramolecular Hbond substituents is 1. The van der Waals surface area contributed by atoms with Gasteiger partial charge >= 0.3 is 0 Å². The fourth-order valence-electron chi connectivity index (χ4n) is 3.94. The fraction of sp³-hybridized carbons (Fsp3) is 0.375. The lowest BCUT2D eigenvalue weighted by Gasteiger charge is -2.18. The van der Waals surface area contributed by atoms with Crippen LogP contribution < -0.4 is 4.90 Å². The van der Waals surface area contributed by atoms with Gasteiger partial charge in [-0.3, -0.25) is 9.59 Å². The smallest absolute Gasteiger partial charge is 0.293 e. The number of fused-ring (bicyclic) bond motifs is 5. The molecule has 2 amide bonds. The number of imide groups is 1. The number of allylic oxidation sites excluding steroid dienone is 2. The third-order valence-electron chi connectivity index (χ3n) is 4.83. The molecule has 2 fully saturated rings. The lowest BCUT2D eigenvalue weighted by molar-refractivity contribution is -0.123. The van der Waals surface area contributed by atoms with Crippen LogP contribution in [0.2, 0.25) is 0 Å². The number of hydrogen-bond donors (Lipinski definition) is 1. The van der Waals surface area contributed by atoms with Crippen molar-refractivity contribution in [2.24, 2.45) is 23.7 Å². The van der Waals surface area contributed by atoms with Gasteiger partial charge in [0, 0.05) is 0 Å². The average molecular weight is 270 g/mol. The summed E-state index contributed by atoms with van der Waals surface area (Å²) >= 11 is 0. The van der Waals surface area contributed by atoms with Gasteiger partial charge in [-0.25, -0.2) is 4.90 Å². The summed E-state index contributed by atoms with van der Waals surface area (Å²) in [6, 6.07) is 5.15. The van der Waals surface area contributed by atoms with Gasteiger partial charge in [-0.15, -0.1) is 0 Å². The molecule has 0 spiro atoms. The van der Waals surface area contributed by atoms with Crippen LogP contribution in [-0.2, 0) is 9.59 Å². The predicted molar refractivity (Wildman–Crippen MR) is 73.1 cm³/mol. The molecule has 4 nitrogen and oxygen atoms in total. The zero-order chi connectivity index (χ0) is 14.7. The highest BCUT2D eigenvalue weighted by Gasteiger charge is 2.59. The Morgan fingerprint density at radius 2 is 1.85 bits per heavy atom. The molecule has 1 aliphatic heterocycles.